The highest BCUT2D eigenvalue weighted by Gasteiger charge is 2.14. The number of nitrogens with zero attached hydrogens (tertiary/aromatic N) is 7. The normalized spacial score (nSPS) is 11.6. The first kappa shape index (κ1) is 39.2. The zero-order valence-corrected chi connectivity index (χ0v) is 28.7. The molecule has 25 heteroatoms. The van der Waals surface area contributed by atoms with Gasteiger partial charge < -0.3 is 4.18 Å². The number of Topliss-reactive ketones (excluding diaryl/α,β-unsaturated/α-hetero) is 2. The van der Waals surface area contributed by atoms with Crippen molar-refractivity contribution in [2.24, 2.45) is 15.1 Å². The molecule has 264 valence electrons. The Morgan fingerprint density at radius 2 is 1.50 bits per heavy atom. The summed E-state index contributed by atoms with van der Waals surface area (Å²) in [5.41, 5.74) is -0.836. The molecule has 0 aromatic carbocycles. The predicted octanol–water partition coefficient (Wildman–Crippen LogP) is -2.04. The van der Waals surface area contributed by atoms with E-state index in [2.05, 4.69) is 49.5 Å². The van der Waals surface area contributed by atoms with Gasteiger partial charge in [-0.15, -0.1) is 10.2 Å². The van der Waals surface area contributed by atoms with Crippen molar-refractivity contribution < 1.29 is 30.6 Å². The first-order valence-corrected chi connectivity index (χ1v) is 18.7. The zero-order valence-electron chi connectivity index (χ0n) is 25.4. The van der Waals surface area contributed by atoms with E-state index in [1.807, 2.05) is 4.98 Å². The predicted molar refractivity (Wildman–Crippen MR) is 180 cm³/mol. The van der Waals surface area contributed by atoms with Gasteiger partial charge in [0.15, 0.2) is 21.6 Å². The van der Waals surface area contributed by atoms with Crippen molar-refractivity contribution in [1.82, 2.24) is 40.3 Å². The monoisotopic (exact) mass is 767 g/mol. The Kier molecular flexibility index (Phi) is 14.5. The van der Waals surface area contributed by atoms with Crippen molar-refractivity contribution in [3.05, 3.63) is 85.2 Å². The maximum absolute atomic E-state index is 11.7. The molecule has 4 aromatic rings. The number of nitrogens with one attached hydrogen (secondary N) is 3. The molecule has 0 radical (unpaired) electrons. The fraction of sp³-hybridized carbons (Fsp3) is 0.200. The van der Waals surface area contributed by atoms with Gasteiger partial charge >= 0.3 is 16.0 Å². The number of hydrogen-bond acceptors (Lipinski definition) is 19. The number of carbonyl (C=O) groups excluding carboxylic acids is 2. The molecule has 0 amide bonds. The van der Waals surface area contributed by atoms with Gasteiger partial charge in [0, 0.05) is 54.5 Å². The SMILES string of the molecule is CS(=O)(=O)c1nnc(SCC(=O)CN=Cc2cccnc2)c(=O)[nH]1.NS(=O)(=O)Oc1ccc(C=NCC(=O)CSc2n[nH]c(=O)[nH]c2=O)cn1. The molecule has 0 fully saturated rings. The van der Waals surface area contributed by atoms with Crippen LogP contribution < -0.4 is 26.1 Å². The van der Waals surface area contributed by atoms with Gasteiger partial charge in [0.05, 0.1) is 24.6 Å². The Balaban J connectivity index is 0.000000271. The number of aromatic nitrogens is 8. The van der Waals surface area contributed by atoms with Crippen LogP contribution in [0.25, 0.3) is 0 Å². The molecule has 0 aliphatic carbocycles. The average molecular weight is 768 g/mol. The van der Waals surface area contributed by atoms with E-state index < -0.39 is 42.1 Å². The quantitative estimate of drug-likeness (QED) is 0.0748. The van der Waals surface area contributed by atoms with Crippen molar-refractivity contribution in [3.8, 4) is 5.88 Å². The van der Waals surface area contributed by atoms with E-state index >= 15 is 0 Å². The minimum atomic E-state index is -4.15. The summed E-state index contributed by atoms with van der Waals surface area (Å²) in [6, 6.07) is 6.30. The fourth-order valence-electron chi connectivity index (χ4n) is 2.99. The van der Waals surface area contributed by atoms with Crippen molar-refractivity contribution >= 4 is 67.7 Å². The summed E-state index contributed by atoms with van der Waals surface area (Å²) in [5.74, 6) is -0.774. The maximum atomic E-state index is 11.7. The lowest BCUT2D eigenvalue weighted by Crippen LogP contribution is -2.25. The summed E-state index contributed by atoms with van der Waals surface area (Å²) in [7, 11) is -7.79. The van der Waals surface area contributed by atoms with Gasteiger partial charge in [0.1, 0.15) is 0 Å². The summed E-state index contributed by atoms with van der Waals surface area (Å²) in [6.07, 6.45) is 8.33. The van der Waals surface area contributed by atoms with Gasteiger partial charge in [-0.05, 0) is 12.1 Å². The number of hydrogen-bond donors (Lipinski definition) is 4. The largest absolute Gasteiger partial charge is 0.381 e. The molecule has 0 unspecified atom stereocenters. The highest BCUT2D eigenvalue weighted by molar-refractivity contribution is 8.00. The number of H-pyrrole nitrogens is 3. The number of rotatable bonds is 15. The van der Waals surface area contributed by atoms with Gasteiger partial charge in [0.25, 0.3) is 11.1 Å². The second-order valence-electron chi connectivity index (χ2n) is 9.24. The standard InChI is InChI=1S/C13H13N5O4S2.C12H12N6O6S2/c1-24(21,22)13-16-11(20)12(17-18-13)23-8-10(19)7-15-6-9-3-2-4-14-5-9;13-26(22,23)24-9-2-1-7(4-15-9)3-14-5-8(19)6-25-11-10(20)16-12(21)18-17-11/h2-6H,7-8H2,1H3,(H,16,18,20);1-4H,5-6H2,(H2,13,22,23)(H2,16,18,20,21). The van der Waals surface area contributed by atoms with E-state index in [4.69, 9.17) is 5.14 Å². The fourth-order valence-corrected chi connectivity index (χ4v) is 5.15. The van der Waals surface area contributed by atoms with Crippen molar-refractivity contribution in [2.75, 3.05) is 30.9 Å². The third-order valence-corrected chi connectivity index (χ3v) is 8.39. The van der Waals surface area contributed by atoms with Gasteiger partial charge in [-0.25, -0.2) is 23.3 Å². The number of aliphatic imine (C=N–C) groups is 2. The lowest BCUT2D eigenvalue weighted by Gasteiger charge is -2.00. The van der Waals surface area contributed by atoms with E-state index in [1.165, 1.54) is 30.8 Å². The number of thioether (sulfide) groups is 2. The van der Waals surface area contributed by atoms with Crippen LogP contribution in [0.1, 0.15) is 11.1 Å². The first-order valence-electron chi connectivity index (χ1n) is 13.3. The molecular formula is C25H25N11O10S4. The maximum Gasteiger partial charge on any atom is 0.381 e. The Morgan fingerprint density at radius 3 is 2.02 bits per heavy atom. The van der Waals surface area contributed by atoms with Crippen LogP contribution in [0.3, 0.4) is 0 Å². The number of nitrogens with two attached hydrogens (primary N) is 1. The molecule has 50 heavy (non-hydrogen) atoms. The lowest BCUT2D eigenvalue weighted by molar-refractivity contribution is -0.116. The second-order valence-corrected chi connectivity index (χ2v) is 14.2. The van der Waals surface area contributed by atoms with Crippen molar-refractivity contribution in [1.29, 1.82) is 0 Å². The van der Waals surface area contributed by atoms with Crippen LogP contribution in [-0.4, -0.2) is 112 Å². The van der Waals surface area contributed by atoms with Crippen LogP contribution in [-0.2, 0) is 29.7 Å². The van der Waals surface area contributed by atoms with Crippen LogP contribution in [0, 0.1) is 0 Å². The summed E-state index contributed by atoms with van der Waals surface area (Å²) < 4.78 is 48.3. The van der Waals surface area contributed by atoms with Crippen molar-refractivity contribution in [2.45, 2.75) is 15.2 Å². The van der Waals surface area contributed by atoms with Crippen LogP contribution in [0.2, 0.25) is 0 Å². The summed E-state index contributed by atoms with van der Waals surface area (Å²) >= 11 is 1.74. The summed E-state index contributed by atoms with van der Waals surface area (Å²) in [6.45, 7) is -0.196. The molecule has 0 saturated carbocycles. The minimum Gasteiger partial charge on any atom is -0.350 e. The van der Waals surface area contributed by atoms with Gasteiger partial charge in [-0.1, -0.05) is 29.6 Å². The Labute approximate surface area is 289 Å². The molecule has 5 N–H and O–H groups in total. The lowest BCUT2D eigenvalue weighted by atomic mass is 10.3. The summed E-state index contributed by atoms with van der Waals surface area (Å²) in [4.78, 5) is 77.1. The molecule has 4 heterocycles. The molecule has 0 saturated heterocycles. The highest BCUT2D eigenvalue weighted by Crippen LogP contribution is 2.11. The molecule has 21 nitrogen and oxygen atoms in total. The van der Waals surface area contributed by atoms with Gasteiger partial charge in [-0.2, -0.15) is 18.7 Å². The van der Waals surface area contributed by atoms with E-state index in [0.717, 1.165) is 35.3 Å². The number of aromatic amines is 3. The molecule has 0 atom stereocenters. The van der Waals surface area contributed by atoms with E-state index in [-0.39, 0.29) is 52.1 Å². The Hall–Kier alpha value is -5.24. The van der Waals surface area contributed by atoms with Crippen molar-refractivity contribution in [3.63, 3.8) is 0 Å². The van der Waals surface area contributed by atoms with Crippen LogP contribution in [0.4, 0.5) is 0 Å². The molecule has 0 aliphatic rings. The first-order chi connectivity index (χ1) is 23.6. The third-order valence-electron chi connectivity index (χ3n) is 5.08. The molecule has 0 aliphatic heterocycles. The van der Waals surface area contributed by atoms with E-state index in [9.17, 15) is 40.8 Å². The van der Waals surface area contributed by atoms with Crippen LogP contribution in [0.5, 0.6) is 5.88 Å². The topological polar surface area (TPSA) is 325 Å². The third kappa shape index (κ3) is 14.5. The molecule has 4 rings (SSSR count). The molecular weight excluding hydrogens is 743 g/mol. The van der Waals surface area contributed by atoms with Crippen LogP contribution >= 0.6 is 23.5 Å². The smallest absolute Gasteiger partial charge is 0.350 e. The summed E-state index contributed by atoms with van der Waals surface area (Å²) in [5, 5.41) is 16.6. The second kappa shape index (κ2) is 18.5. The number of carbonyl (C=O) groups is 2. The van der Waals surface area contributed by atoms with E-state index in [0.29, 0.717) is 5.56 Å². The van der Waals surface area contributed by atoms with Gasteiger partial charge in [-0.3, -0.25) is 44.1 Å². The van der Waals surface area contributed by atoms with Gasteiger partial charge in [0.2, 0.25) is 20.9 Å². The van der Waals surface area contributed by atoms with Crippen LogP contribution in [0.15, 0.2) is 82.4 Å². The number of sulfone groups is 1. The highest BCUT2D eigenvalue weighted by atomic mass is 32.2. The molecule has 0 spiro atoms. The van der Waals surface area contributed by atoms with E-state index in [1.54, 1.807) is 24.5 Å². The average Bonchev–Trinajstić information content (AvgIpc) is 3.04. The number of pyridine rings is 2. The Bertz CT molecular complexity index is 2260. The Morgan fingerprint density at radius 1 is 0.880 bits per heavy atom. The number of ketones is 2. The minimum absolute atomic E-state index is 0.0274. The molecule has 0 bridgehead atoms. The molecule has 4 aromatic heterocycles. The zero-order chi connectivity index (χ0) is 36.7.